The molecule has 0 bridgehead atoms. The van der Waals surface area contributed by atoms with Gasteiger partial charge in [-0.3, -0.25) is 9.69 Å². The maximum Gasteiger partial charge on any atom is 0.260 e. The summed E-state index contributed by atoms with van der Waals surface area (Å²) >= 11 is 0. The average molecular weight is 418 g/mol. The Morgan fingerprint density at radius 2 is 1.84 bits per heavy atom. The molecule has 6 heteroatoms. The molecule has 0 spiro atoms. The van der Waals surface area contributed by atoms with Gasteiger partial charge in [0.05, 0.1) is 13.2 Å². The highest BCUT2D eigenvalue weighted by molar-refractivity contribution is 6.11. The lowest BCUT2D eigenvalue weighted by molar-refractivity contribution is -0.117. The number of methoxy groups -OCH3 is 1. The second kappa shape index (κ2) is 8.46. The number of aromatic nitrogens is 2. The van der Waals surface area contributed by atoms with Gasteiger partial charge in [-0.25, -0.2) is 4.98 Å². The normalized spacial score (nSPS) is 16.6. The molecule has 1 aliphatic rings. The second-order valence-electron chi connectivity index (χ2n) is 8.43. The molecule has 6 nitrogen and oxygen atoms in total. The topological polar surface area (TPSA) is 72.4 Å². The van der Waals surface area contributed by atoms with Gasteiger partial charge >= 0.3 is 0 Å². The van der Waals surface area contributed by atoms with Crippen molar-refractivity contribution in [1.29, 1.82) is 0 Å². The van der Waals surface area contributed by atoms with Crippen LogP contribution in [-0.4, -0.2) is 28.8 Å². The lowest BCUT2D eigenvalue weighted by atomic mass is 9.81. The summed E-state index contributed by atoms with van der Waals surface area (Å²) in [4.78, 5) is 36.2. The molecule has 4 rings (SSSR count). The molecular formula is C25H27N3O3. The summed E-state index contributed by atoms with van der Waals surface area (Å²) in [6.07, 6.45) is 1.21. The number of benzene rings is 1. The van der Waals surface area contributed by atoms with Crippen molar-refractivity contribution < 1.29 is 14.3 Å². The van der Waals surface area contributed by atoms with E-state index in [0.717, 1.165) is 17.4 Å². The van der Waals surface area contributed by atoms with Crippen molar-refractivity contribution in [3.63, 3.8) is 0 Å². The number of ketones is 1. The van der Waals surface area contributed by atoms with Crippen molar-refractivity contribution in [2.24, 2.45) is 11.8 Å². The lowest BCUT2D eigenvalue weighted by Gasteiger charge is -2.34. The number of carbonyl (C=O) groups is 2. The number of ether oxygens (including phenoxy) is 1. The third-order valence-electron chi connectivity index (χ3n) is 6.07. The Hall–Kier alpha value is -3.28. The Kier molecular flexibility index (Phi) is 5.72. The van der Waals surface area contributed by atoms with Crippen molar-refractivity contribution in [2.75, 3.05) is 12.0 Å². The van der Waals surface area contributed by atoms with Crippen molar-refractivity contribution in [3.05, 3.63) is 59.7 Å². The van der Waals surface area contributed by atoms with E-state index in [1.54, 1.807) is 25.0 Å². The van der Waals surface area contributed by atoms with Crippen LogP contribution in [0.5, 0.6) is 5.88 Å². The van der Waals surface area contributed by atoms with Crippen molar-refractivity contribution >= 4 is 28.5 Å². The Labute approximate surface area is 182 Å². The molecule has 0 N–H and O–H groups in total. The number of amides is 1. The van der Waals surface area contributed by atoms with E-state index in [1.807, 2.05) is 42.5 Å². The van der Waals surface area contributed by atoms with Gasteiger partial charge in [-0.05, 0) is 55.0 Å². The molecule has 31 heavy (non-hydrogen) atoms. The largest absolute Gasteiger partial charge is 0.481 e. The third kappa shape index (κ3) is 3.90. The van der Waals surface area contributed by atoms with Gasteiger partial charge in [-0.15, -0.1) is 0 Å². The van der Waals surface area contributed by atoms with Crippen LogP contribution in [0.15, 0.2) is 48.5 Å². The molecule has 2 atom stereocenters. The zero-order valence-electron chi connectivity index (χ0n) is 18.3. The van der Waals surface area contributed by atoms with Crippen LogP contribution in [0.1, 0.15) is 55.6 Å². The van der Waals surface area contributed by atoms with Crippen LogP contribution in [-0.2, 0) is 4.79 Å². The van der Waals surface area contributed by atoms with E-state index >= 15 is 0 Å². The summed E-state index contributed by atoms with van der Waals surface area (Å²) in [6, 6.07) is 15.0. The summed E-state index contributed by atoms with van der Waals surface area (Å²) < 4.78 is 5.24. The van der Waals surface area contributed by atoms with Crippen molar-refractivity contribution in [1.82, 2.24) is 9.97 Å². The van der Waals surface area contributed by atoms with Gasteiger partial charge in [-0.1, -0.05) is 32.0 Å². The Morgan fingerprint density at radius 1 is 1.10 bits per heavy atom. The first-order valence-electron chi connectivity index (χ1n) is 10.6. The molecule has 0 radical (unpaired) electrons. The monoisotopic (exact) mass is 417 g/mol. The van der Waals surface area contributed by atoms with E-state index in [2.05, 4.69) is 18.8 Å². The number of Topliss-reactive ketones (excluding diaryl/α,β-unsaturated/α-hetero) is 1. The molecule has 0 aliphatic carbocycles. The first-order chi connectivity index (χ1) is 14.9. The number of anilines is 1. The van der Waals surface area contributed by atoms with E-state index in [4.69, 9.17) is 9.72 Å². The minimum absolute atomic E-state index is 0.0659. The van der Waals surface area contributed by atoms with E-state index in [-0.39, 0.29) is 29.6 Å². The smallest absolute Gasteiger partial charge is 0.260 e. The van der Waals surface area contributed by atoms with Crippen LogP contribution >= 0.6 is 0 Å². The molecule has 2 aromatic heterocycles. The summed E-state index contributed by atoms with van der Waals surface area (Å²) in [5.74, 6) is 1.54. The molecular weight excluding hydrogens is 390 g/mol. The van der Waals surface area contributed by atoms with E-state index < -0.39 is 0 Å². The van der Waals surface area contributed by atoms with Gasteiger partial charge in [0.2, 0.25) is 5.88 Å². The van der Waals surface area contributed by atoms with E-state index in [9.17, 15) is 9.59 Å². The van der Waals surface area contributed by atoms with E-state index in [0.29, 0.717) is 29.3 Å². The van der Waals surface area contributed by atoms with Crippen molar-refractivity contribution in [2.45, 2.75) is 39.7 Å². The maximum atomic E-state index is 13.5. The van der Waals surface area contributed by atoms with Gasteiger partial charge < -0.3 is 9.53 Å². The van der Waals surface area contributed by atoms with Gasteiger partial charge in [-0.2, -0.15) is 4.98 Å². The first kappa shape index (κ1) is 21.0. The summed E-state index contributed by atoms with van der Waals surface area (Å²) in [5, 5.41) is 0.877. The second-order valence-corrected chi connectivity index (χ2v) is 8.43. The molecule has 1 aromatic carbocycles. The predicted octanol–water partition coefficient (Wildman–Crippen LogP) is 4.98. The molecule has 0 fully saturated rings. The number of fused-ring (bicyclic) bond motifs is 2. The van der Waals surface area contributed by atoms with Gasteiger partial charge in [0.25, 0.3) is 5.91 Å². The molecule has 1 amide bonds. The lowest BCUT2D eigenvalue weighted by Crippen LogP contribution is -2.35. The Balaban J connectivity index is 1.83. The molecule has 0 saturated carbocycles. The van der Waals surface area contributed by atoms with Crippen LogP contribution in [0.3, 0.4) is 0 Å². The number of hydrogen-bond acceptors (Lipinski definition) is 5. The molecule has 160 valence electrons. The Bertz CT molecular complexity index is 1140. The van der Waals surface area contributed by atoms with Gasteiger partial charge in [0, 0.05) is 23.4 Å². The highest BCUT2D eigenvalue weighted by Crippen LogP contribution is 2.45. The first-order valence-corrected chi connectivity index (χ1v) is 10.6. The van der Waals surface area contributed by atoms with E-state index in [1.165, 1.54) is 0 Å². The molecule has 2 unspecified atom stereocenters. The number of rotatable bonds is 7. The zero-order chi connectivity index (χ0) is 22.1. The van der Waals surface area contributed by atoms with Crippen LogP contribution in [0.4, 0.5) is 5.82 Å². The minimum atomic E-state index is -0.182. The SMILES string of the molecule is COc1ccc2ccc(N3C(=O)c4ccccc4C3C(CCC(C)=O)C(C)C)nc2n1. The molecule has 3 aromatic rings. The van der Waals surface area contributed by atoms with Crippen LogP contribution in [0.2, 0.25) is 0 Å². The van der Waals surface area contributed by atoms with Gasteiger partial charge in [0.15, 0.2) is 5.65 Å². The molecule has 0 saturated heterocycles. The van der Waals surface area contributed by atoms with Gasteiger partial charge in [0.1, 0.15) is 11.6 Å². The standard InChI is InChI=1S/C25H27N3O3/c1-15(2)18(12-9-16(3)29)23-19-7-5-6-8-20(19)25(30)28(23)21-13-10-17-11-14-22(31-4)27-24(17)26-21/h5-8,10-11,13-15,18,23H,9,12H2,1-4H3. The fraction of sp³-hybridized carbons (Fsp3) is 0.360. The van der Waals surface area contributed by atoms with Crippen LogP contribution < -0.4 is 9.64 Å². The highest BCUT2D eigenvalue weighted by Gasteiger charge is 2.43. The fourth-order valence-electron chi connectivity index (χ4n) is 4.46. The van der Waals surface area contributed by atoms with Crippen LogP contribution in [0, 0.1) is 11.8 Å². The average Bonchev–Trinajstić information content (AvgIpc) is 3.05. The number of carbonyl (C=O) groups excluding carboxylic acids is 2. The van der Waals surface area contributed by atoms with Crippen molar-refractivity contribution in [3.8, 4) is 5.88 Å². The Morgan fingerprint density at radius 3 is 2.55 bits per heavy atom. The minimum Gasteiger partial charge on any atom is -0.481 e. The summed E-state index contributed by atoms with van der Waals surface area (Å²) in [7, 11) is 1.57. The predicted molar refractivity (Wildman–Crippen MR) is 120 cm³/mol. The molecule has 1 aliphatic heterocycles. The highest BCUT2D eigenvalue weighted by atomic mass is 16.5. The summed E-state index contributed by atoms with van der Waals surface area (Å²) in [5.41, 5.74) is 2.22. The third-order valence-corrected chi connectivity index (χ3v) is 6.07. The quantitative estimate of drug-likeness (QED) is 0.542. The fourth-order valence-corrected chi connectivity index (χ4v) is 4.46. The number of nitrogens with zero attached hydrogens (tertiary/aromatic N) is 3. The maximum absolute atomic E-state index is 13.5. The molecule has 3 heterocycles. The van der Waals surface area contributed by atoms with Crippen LogP contribution in [0.25, 0.3) is 11.0 Å². The summed E-state index contributed by atoms with van der Waals surface area (Å²) in [6.45, 7) is 5.91. The number of pyridine rings is 2. The zero-order valence-corrected chi connectivity index (χ0v) is 18.3. The number of hydrogen-bond donors (Lipinski definition) is 0.